The Bertz CT molecular complexity index is 558. The van der Waals surface area contributed by atoms with E-state index in [1.165, 1.54) is 0 Å². The van der Waals surface area contributed by atoms with Crippen LogP contribution in [0.25, 0.3) is 0 Å². The summed E-state index contributed by atoms with van der Waals surface area (Å²) >= 11 is 5.00. The van der Waals surface area contributed by atoms with E-state index in [0.29, 0.717) is 6.07 Å². The van der Waals surface area contributed by atoms with Gasteiger partial charge in [-0.2, -0.15) is 21.6 Å². The van der Waals surface area contributed by atoms with E-state index in [1.54, 1.807) is 0 Å². The number of hydrogen-bond donors (Lipinski definition) is 0. The topological polar surface area (TPSA) is 60.4 Å². The maximum absolute atomic E-state index is 12.6. The van der Waals surface area contributed by atoms with Crippen molar-refractivity contribution >= 4 is 28.5 Å². The van der Waals surface area contributed by atoms with Gasteiger partial charge in [0.05, 0.1) is 5.56 Å². The van der Waals surface area contributed by atoms with Gasteiger partial charge in [0, 0.05) is 0 Å². The standard InChI is InChI=1S/C8H6ClF3O4PS/c9-17(13)5-16-18(14,15)7-4-2-1-3-6(7)8(10,11)12/h1-4H,5H2/q+1. The van der Waals surface area contributed by atoms with Crippen molar-refractivity contribution in [3.63, 3.8) is 0 Å². The highest BCUT2D eigenvalue weighted by molar-refractivity contribution is 7.87. The number of hydrogen-bond acceptors (Lipinski definition) is 4. The van der Waals surface area contributed by atoms with Crippen molar-refractivity contribution in [2.75, 3.05) is 6.35 Å². The second-order valence-corrected chi connectivity index (χ2v) is 6.62. The minimum Gasteiger partial charge on any atom is -0.215 e. The molecule has 4 nitrogen and oxygen atoms in total. The average molecular weight is 322 g/mol. The summed E-state index contributed by atoms with van der Waals surface area (Å²) in [5.41, 5.74) is -1.35. The Labute approximate surface area is 106 Å². The second-order valence-electron chi connectivity index (χ2n) is 3.01. The van der Waals surface area contributed by atoms with Gasteiger partial charge in [0.2, 0.25) is 11.2 Å². The minimum atomic E-state index is -4.84. The van der Waals surface area contributed by atoms with Crippen molar-refractivity contribution in [1.82, 2.24) is 0 Å². The molecule has 0 saturated heterocycles. The SMILES string of the molecule is O=[P+](Cl)COS(=O)(=O)c1ccccc1C(F)(F)F. The smallest absolute Gasteiger partial charge is 0.215 e. The first kappa shape index (κ1) is 15.4. The monoisotopic (exact) mass is 321 g/mol. The molecular weight excluding hydrogens is 316 g/mol. The fourth-order valence-electron chi connectivity index (χ4n) is 1.09. The van der Waals surface area contributed by atoms with E-state index in [-0.39, 0.29) is 0 Å². The molecule has 0 fully saturated rings. The van der Waals surface area contributed by atoms with E-state index >= 15 is 0 Å². The molecule has 0 saturated carbocycles. The zero-order valence-corrected chi connectivity index (χ0v) is 11.0. The number of halogens is 4. The Hall–Kier alpha value is -0.690. The molecule has 0 aliphatic carbocycles. The molecular formula is C8H6ClF3O4PS+. The molecule has 0 N–H and O–H groups in total. The van der Waals surface area contributed by atoms with Gasteiger partial charge in [-0.3, -0.25) is 0 Å². The Balaban J connectivity index is 3.21. The van der Waals surface area contributed by atoms with Crippen LogP contribution in [0.15, 0.2) is 29.2 Å². The van der Waals surface area contributed by atoms with Crippen LogP contribution in [0.2, 0.25) is 0 Å². The van der Waals surface area contributed by atoms with Gasteiger partial charge in [0.1, 0.15) is 4.90 Å². The Kier molecular flexibility index (Phi) is 4.72. The predicted molar refractivity (Wildman–Crippen MR) is 58.0 cm³/mol. The number of alkyl halides is 3. The van der Waals surface area contributed by atoms with Gasteiger partial charge in [-0.15, -0.1) is 0 Å². The van der Waals surface area contributed by atoms with E-state index in [4.69, 9.17) is 11.2 Å². The molecule has 18 heavy (non-hydrogen) atoms. The molecule has 0 bridgehead atoms. The molecule has 10 heteroatoms. The zero-order valence-electron chi connectivity index (χ0n) is 8.52. The summed E-state index contributed by atoms with van der Waals surface area (Å²) in [6, 6.07) is 3.52. The molecule has 1 atom stereocenters. The molecule has 0 heterocycles. The number of benzene rings is 1. The summed E-state index contributed by atoms with van der Waals surface area (Å²) in [5, 5.41) is 0. The predicted octanol–water partition coefficient (Wildman–Crippen LogP) is 3.35. The Morgan fingerprint density at radius 3 is 2.33 bits per heavy atom. The zero-order chi connectivity index (χ0) is 14.0. The molecule has 0 spiro atoms. The van der Waals surface area contributed by atoms with Gasteiger partial charge in [-0.1, -0.05) is 12.1 Å². The molecule has 1 rings (SSSR count). The lowest BCUT2D eigenvalue weighted by molar-refractivity contribution is -0.140. The van der Waals surface area contributed by atoms with E-state index in [0.717, 1.165) is 18.2 Å². The van der Waals surface area contributed by atoms with Crippen molar-refractivity contribution in [2.45, 2.75) is 11.1 Å². The maximum atomic E-state index is 12.6. The van der Waals surface area contributed by atoms with E-state index in [9.17, 15) is 26.2 Å². The fraction of sp³-hybridized carbons (Fsp3) is 0.250. The van der Waals surface area contributed by atoms with Crippen LogP contribution in [-0.2, 0) is 25.0 Å². The second kappa shape index (κ2) is 5.52. The van der Waals surface area contributed by atoms with Crippen molar-refractivity contribution in [2.24, 2.45) is 0 Å². The van der Waals surface area contributed by atoms with Gasteiger partial charge in [0.25, 0.3) is 6.35 Å². The summed E-state index contributed by atoms with van der Waals surface area (Å²) in [7, 11) is -7.11. The molecule has 0 aromatic heterocycles. The molecule has 1 aromatic rings. The van der Waals surface area contributed by atoms with Gasteiger partial charge < -0.3 is 0 Å². The van der Waals surface area contributed by atoms with Gasteiger partial charge in [-0.25, -0.2) is 4.18 Å². The van der Waals surface area contributed by atoms with Gasteiger partial charge >= 0.3 is 23.4 Å². The minimum absolute atomic E-state index is 0.608. The average Bonchev–Trinajstić information content (AvgIpc) is 2.25. The first-order valence-corrected chi connectivity index (χ1v) is 8.06. The van der Waals surface area contributed by atoms with Crippen LogP contribution in [0, 0.1) is 0 Å². The van der Waals surface area contributed by atoms with E-state index < -0.39 is 40.3 Å². The van der Waals surface area contributed by atoms with Crippen molar-refractivity contribution in [1.29, 1.82) is 0 Å². The van der Waals surface area contributed by atoms with Crippen LogP contribution >= 0.6 is 18.4 Å². The van der Waals surface area contributed by atoms with Gasteiger partial charge in [-0.05, 0) is 16.7 Å². The lowest BCUT2D eigenvalue weighted by atomic mass is 10.2. The highest BCUT2D eigenvalue weighted by atomic mass is 35.7. The molecule has 0 amide bonds. The summed E-state index contributed by atoms with van der Waals surface area (Å²) in [6.07, 6.45) is -5.72. The summed E-state index contributed by atoms with van der Waals surface area (Å²) in [6.45, 7) is 0. The maximum Gasteiger partial charge on any atom is 0.484 e. The first-order valence-electron chi connectivity index (χ1n) is 4.30. The molecule has 100 valence electrons. The summed E-state index contributed by atoms with van der Waals surface area (Å²) < 4.78 is 75.4. The third-order valence-corrected chi connectivity index (χ3v) is 3.89. The largest absolute Gasteiger partial charge is 0.484 e. The van der Waals surface area contributed by atoms with Crippen LogP contribution in [-0.4, -0.2) is 14.8 Å². The van der Waals surface area contributed by atoms with Gasteiger partial charge in [0.15, 0.2) is 0 Å². The van der Waals surface area contributed by atoms with E-state index in [2.05, 4.69) is 4.18 Å². The van der Waals surface area contributed by atoms with Crippen LogP contribution in [0.4, 0.5) is 13.2 Å². The van der Waals surface area contributed by atoms with Crippen LogP contribution in [0.3, 0.4) is 0 Å². The van der Waals surface area contributed by atoms with Crippen LogP contribution in [0.5, 0.6) is 0 Å². The molecule has 0 aliphatic rings. The molecule has 1 aromatic carbocycles. The molecule has 0 aliphatic heterocycles. The Morgan fingerprint density at radius 2 is 1.83 bits per heavy atom. The number of rotatable bonds is 4. The summed E-state index contributed by atoms with van der Waals surface area (Å²) in [4.78, 5) is -1.04. The normalized spacial score (nSPS) is 13.4. The lowest BCUT2D eigenvalue weighted by Gasteiger charge is -2.11. The summed E-state index contributed by atoms with van der Waals surface area (Å²) in [5.74, 6) is 0. The Morgan fingerprint density at radius 1 is 1.28 bits per heavy atom. The lowest BCUT2D eigenvalue weighted by Crippen LogP contribution is -2.14. The first-order chi connectivity index (χ1) is 8.14. The highest BCUT2D eigenvalue weighted by Crippen LogP contribution is 2.35. The fourth-order valence-corrected chi connectivity index (χ4v) is 3.16. The third kappa shape index (κ3) is 3.91. The third-order valence-electron chi connectivity index (χ3n) is 1.77. The van der Waals surface area contributed by atoms with E-state index in [1.807, 2.05) is 0 Å². The van der Waals surface area contributed by atoms with Crippen molar-refractivity contribution in [3.05, 3.63) is 29.8 Å². The quantitative estimate of drug-likeness (QED) is 0.630. The molecule has 0 radical (unpaired) electrons. The van der Waals surface area contributed by atoms with Crippen LogP contribution < -0.4 is 0 Å². The highest BCUT2D eigenvalue weighted by Gasteiger charge is 2.37. The van der Waals surface area contributed by atoms with Crippen LogP contribution in [0.1, 0.15) is 5.56 Å². The van der Waals surface area contributed by atoms with Crippen molar-refractivity contribution in [3.8, 4) is 0 Å². The molecule has 1 unspecified atom stereocenters. The van der Waals surface area contributed by atoms with Crippen molar-refractivity contribution < 1.29 is 30.3 Å².